The Balaban J connectivity index is 2.61. The number of hydrogen-bond donors (Lipinski definition) is 0. The lowest BCUT2D eigenvalue weighted by Crippen LogP contribution is -2.42. The largest absolute Gasteiger partial charge is 0.361 e. The molecule has 1 aromatic heterocycles. The molecule has 1 aromatic rings. The van der Waals surface area contributed by atoms with Gasteiger partial charge < -0.3 is 9.47 Å². The van der Waals surface area contributed by atoms with Crippen LogP contribution in [0.15, 0.2) is 15.8 Å². The van der Waals surface area contributed by atoms with Gasteiger partial charge in [-0.15, -0.1) is 0 Å². The number of rotatable bonds is 12. The van der Waals surface area contributed by atoms with E-state index in [-0.39, 0.29) is 13.5 Å². The van der Waals surface area contributed by atoms with E-state index in [1.165, 1.54) is 0 Å². The Labute approximate surface area is 163 Å². The van der Waals surface area contributed by atoms with Gasteiger partial charge in [0.15, 0.2) is 0 Å². The minimum Gasteiger partial charge on any atom is -0.361 e. The van der Waals surface area contributed by atoms with Crippen molar-refractivity contribution in [2.75, 3.05) is 13.2 Å². The summed E-state index contributed by atoms with van der Waals surface area (Å²) < 4.78 is 26.7. The van der Waals surface area contributed by atoms with E-state index in [4.69, 9.17) is 9.47 Å². The number of halogens is 1. The molecule has 27 heavy (non-hydrogen) atoms. The second-order valence-electron chi connectivity index (χ2n) is 9.37. The maximum Gasteiger partial charge on any atom is 0.334 e. The van der Waals surface area contributed by atoms with Gasteiger partial charge in [-0.3, -0.25) is 9.36 Å². The van der Waals surface area contributed by atoms with Gasteiger partial charge in [-0.1, -0.05) is 51.4 Å². The fourth-order valence-corrected chi connectivity index (χ4v) is 4.96. The molecule has 0 aliphatic carbocycles. The lowest BCUT2D eigenvalue weighted by Gasteiger charge is -2.16. The number of hydrogen-bond acceptors (Lipinski definition) is 4. The Morgan fingerprint density at radius 3 is 1.85 bits per heavy atom. The zero-order valence-electron chi connectivity index (χ0n) is 17.6. The fraction of sp³-hybridized carbons (Fsp3) is 0.778. The maximum atomic E-state index is 13.9. The summed E-state index contributed by atoms with van der Waals surface area (Å²) in [4.78, 5) is 24.3. The van der Waals surface area contributed by atoms with Crippen LogP contribution in [0, 0.1) is 5.82 Å². The van der Waals surface area contributed by atoms with Crippen LogP contribution in [0.5, 0.6) is 0 Å². The molecular weight excluding hydrogens is 383 g/mol. The molecule has 156 valence electrons. The first-order valence-electron chi connectivity index (χ1n) is 9.56. The van der Waals surface area contributed by atoms with E-state index in [0.29, 0.717) is 13.2 Å². The summed E-state index contributed by atoms with van der Waals surface area (Å²) in [5, 5.41) is 0. The van der Waals surface area contributed by atoms with Gasteiger partial charge in [0.1, 0.15) is 13.5 Å². The minimum atomic E-state index is -1.15. The zero-order chi connectivity index (χ0) is 20.7. The highest BCUT2D eigenvalue weighted by molar-refractivity contribution is 6.76. The SMILES string of the molecule is C[Si](C)(C)CCCOCn1cc(F)c(=O)n(COCCC[Si](C)(C)C)c1=O. The Kier molecular flexibility index (Phi) is 9.33. The van der Waals surface area contributed by atoms with Gasteiger partial charge in [0, 0.05) is 29.4 Å². The summed E-state index contributed by atoms with van der Waals surface area (Å²) in [6.07, 6.45) is 2.69. The van der Waals surface area contributed by atoms with E-state index in [9.17, 15) is 14.0 Å². The van der Waals surface area contributed by atoms with E-state index < -0.39 is 33.2 Å². The summed E-state index contributed by atoms with van der Waals surface area (Å²) in [6.45, 7) is 14.3. The molecule has 1 rings (SSSR count). The van der Waals surface area contributed by atoms with E-state index in [1.807, 2.05) is 0 Å². The molecular formula is C18H35FN2O4Si2. The third-order valence-corrected chi connectivity index (χ3v) is 7.78. The number of aromatic nitrogens is 2. The van der Waals surface area contributed by atoms with Gasteiger partial charge in [-0.25, -0.2) is 9.36 Å². The van der Waals surface area contributed by atoms with Crippen molar-refractivity contribution >= 4 is 16.1 Å². The molecule has 6 nitrogen and oxygen atoms in total. The highest BCUT2D eigenvalue weighted by atomic mass is 28.3. The molecule has 0 aromatic carbocycles. The molecule has 0 saturated heterocycles. The molecule has 0 spiro atoms. The number of nitrogens with zero attached hydrogens (tertiary/aromatic N) is 2. The molecule has 0 unspecified atom stereocenters. The van der Waals surface area contributed by atoms with Crippen molar-refractivity contribution in [3.63, 3.8) is 0 Å². The Hall–Kier alpha value is -1.04. The molecule has 0 aliphatic heterocycles. The van der Waals surface area contributed by atoms with Gasteiger partial charge in [-0.2, -0.15) is 4.39 Å². The number of ether oxygens (including phenoxy) is 2. The Morgan fingerprint density at radius 1 is 0.889 bits per heavy atom. The van der Waals surface area contributed by atoms with E-state index in [2.05, 4.69) is 39.3 Å². The molecule has 0 fully saturated rings. The molecule has 0 saturated carbocycles. The smallest absolute Gasteiger partial charge is 0.334 e. The van der Waals surface area contributed by atoms with Crippen LogP contribution in [-0.2, 0) is 22.9 Å². The van der Waals surface area contributed by atoms with Gasteiger partial charge in [-0.05, 0) is 12.8 Å². The minimum absolute atomic E-state index is 0.0721. The van der Waals surface area contributed by atoms with Gasteiger partial charge in [0.2, 0.25) is 5.82 Å². The van der Waals surface area contributed by atoms with Gasteiger partial charge >= 0.3 is 5.69 Å². The second kappa shape index (κ2) is 10.5. The Morgan fingerprint density at radius 2 is 1.37 bits per heavy atom. The molecule has 1 heterocycles. The lowest BCUT2D eigenvalue weighted by molar-refractivity contribution is 0.0552. The molecule has 0 radical (unpaired) electrons. The van der Waals surface area contributed by atoms with E-state index in [0.717, 1.165) is 40.3 Å². The molecule has 9 heteroatoms. The molecule has 0 atom stereocenters. The predicted molar refractivity (Wildman–Crippen MR) is 112 cm³/mol. The quantitative estimate of drug-likeness (QED) is 0.385. The van der Waals surface area contributed by atoms with Crippen LogP contribution in [0.1, 0.15) is 12.8 Å². The van der Waals surface area contributed by atoms with Crippen LogP contribution >= 0.6 is 0 Å². The first-order chi connectivity index (χ1) is 12.4. The highest BCUT2D eigenvalue weighted by Gasteiger charge is 2.14. The van der Waals surface area contributed by atoms with Crippen LogP contribution in [0.2, 0.25) is 51.4 Å². The average Bonchev–Trinajstić information content (AvgIpc) is 2.52. The highest BCUT2D eigenvalue weighted by Crippen LogP contribution is 2.11. The maximum absolute atomic E-state index is 13.9. The predicted octanol–water partition coefficient (Wildman–Crippen LogP) is 3.55. The molecule has 0 amide bonds. The zero-order valence-corrected chi connectivity index (χ0v) is 19.6. The van der Waals surface area contributed by atoms with Crippen LogP contribution in [0.4, 0.5) is 4.39 Å². The normalized spacial score (nSPS) is 12.6. The molecule has 0 bridgehead atoms. The Bertz CT molecular complexity index is 705. The monoisotopic (exact) mass is 418 g/mol. The summed E-state index contributed by atoms with van der Waals surface area (Å²) in [5.41, 5.74) is -1.57. The van der Waals surface area contributed by atoms with Crippen molar-refractivity contribution in [3.8, 4) is 0 Å². The first kappa shape index (κ1) is 24.0. The second-order valence-corrected chi connectivity index (χ2v) is 20.6. The van der Waals surface area contributed by atoms with Gasteiger partial charge in [0.05, 0.1) is 6.20 Å². The first-order valence-corrected chi connectivity index (χ1v) is 17.0. The van der Waals surface area contributed by atoms with Crippen LogP contribution in [0.25, 0.3) is 0 Å². The van der Waals surface area contributed by atoms with Crippen molar-refractivity contribution in [2.24, 2.45) is 0 Å². The summed E-state index contributed by atoms with van der Waals surface area (Å²) in [5.74, 6) is -0.981. The summed E-state index contributed by atoms with van der Waals surface area (Å²) in [6, 6.07) is 2.22. The average molecular weight is 419 g/mol. The van der Waals surface area contributed by atoms with Crippen LogP contribution in [0.3, 0.4) is 0 Å². The van der Waals surface area contributed by atoms with Crippen molar-refractivity contribution < 1.29 is 13.9 Å². The van der Waals surface area contributed by atoms with E-state index >= 15 is 0 Å². The fourth-order valence-electron chi connectivity index (χ4n) is 2.55. The summed E-state index contributed by atoms with van der Waals surface area (Å²) >= 11 is 0. The summed E-state index contributed by atoms with van der Waals surface area (Å²) in [7, 11) is -2.27. The topological polar surface area (TPSA) is 62.5 Å². The van der Waals surface area contributed by atoms with Gasteiger partial charge in [0.25, 0.3) is 5.56 Å². The lowest BCUT2D eigenvalue weighted by atomic mass is 10.5. The van der Waals surface area contributed by atoms with Crippen molar-refractivity contribution in [2.45, 2.75) is 77.7 Å². The molecule has 0 aliphatic rings. The van der Waals surface area contributed by atoms with Crippen LogP contribution in [-0.4, -0.2) is 38.5 Å². The third kappa shape index (κ3) is 9.63. The standard InChI is InChI=1S/C18H35FN2O4Si2/c1-26(2,3)11-7-9-24-14-20-13-16(19)17(22)21(18(20)23)15-25-10-8-12-27(4,5)6/h13H,7-12,14-15H2,1-6H3. The van der Waals surface area contributed by atoms with Crippen molar-refractivity contribution in [1.29, 1.82) is 0 Å². The van der Waals surface area contributed by atoms with Crippen LogP contribution < -0.4 is 11.2 Å². The third-order valence-electron chi connectivity index (χ3n) is 4.08. The van der Waals surface area contributed by atoms with Crippen molar-refractivity contribution in [3.05, 3.63) is 32.9 Å². The van der Waals surface area contributed by atoms with Crippen molar-refractivity contribution in [1.82, 2.24) is 9.13 Å². The molecule has 0 N–H and O–H groups in total. The van der Waals surface area contributed by atoms with E-state index in [1.54, 1.807) is 0 Å².